The summed E-state index contributed by atoms with van der Waals surface area (Å²) < 4.78 is 33.9. The maximum absolute atomic E-state index is 12.4. The molecule has 1 heterocycles. The molecular weight excluding hydrogens is 394 g/mol. The number of anilines is 1. The van der Waals surface area contributed by atoms with Gasteiger partial charge in [-0.3, -0.25) is 4.79 Å². The van der Waals surface area contributed by atoms with Crippen LogP contribution in [0.15, 0.2) is 42.5 Å². The predicted octanol–water partition coefficient (Wildman–Crippen LogP) is 3.41. The van der Waals surface area contributed by atoms with Crippen LogP contribution in [-0.2, 0) is 9.53 Å². The van der Waals surface area contributed by atoms with Crippen LogP contribution in [0, 0.1) is 13.8 Å². The van der Waals surface area contributed by atoms with Crippen molar-refractivity contribution in [3.8, 4) is 5.75 Å². The summed E-state index contributed by atoms with van der Waals surface area (Å²) in [6.07, 6.45) is 0. The average Bonchev–Trinajstić information content (AvgIpc) is 2.73. The molecule has 0 N–H and O–H groups in total. The molecule has 0 saturated carbocycles. The van der Waals surface area contributed by atoms with Crippen molar-refractivity contribution in [3.63, 3.8) is 0 Å². The first-order valence-corrected chi connectivity index (χ1v) is 9.66. The van der Waals surface area contributed by atoms with Gasteiger partial charge in [-0.05, 0) is 49.2 Å². The Kier molecular flexibility index (Phi) is 6.87. The molecule has 0 spiro atoms. The van der Waals surface area contributed by atoms with E-state index in [-0.39, 0.29) is 17.2 Å². The molecule has 3 rings (SSSR count). The lowest BCUT2D eigenvalue weighted by Crippen LogP contribution is -2.50. The molecule has 0 atom stereocenters. The summed E-state index contributed by atoms with van der Waals surface area (Å²) in [6, 6.07) is 11.5. The number of benzene rings is 2. The predicted molar refractivity (Wildman–Crippen MR) is 108 cm³/mol. The number of esters is 1. The van der Waals surface area contributed by atoms with E-state index < -0.39 is 19.2 Å². The summed E-state index contributed by atoms with van der Waals surface area (Å²) in [5.41, 5.74) is 3.66. The van der Waals surface area contributed by atoms with Crippen molar-refractivity contribution in [1.82, 2.24) is 4.90 Å². The normalized spacial score (nSPS) is 14.0. The second-order valence-corrected chi connectivity index (χ2v) is 7.07. The highest BCUT2D eigenvalue weighted by atomic mass is 19.3. The molecule has 0 unspecified atom stereocenters. The van der Waals surface area contributed by atoms with E-state index in [0.717, 1.165) is 6.07 Å². The molecule has 0 bridgehead atoms. The third-order valence-corrected chi connectivity index (χ3v) is 5.17. The number of alkyl halides is 2. The Bertz CT molecular complexity index is 912. The molecule has 1 aliphatic rings. The van der Waals surface area contributed by atoms with Crippen molar-refractivity contribution in [2.45, 2.75) is 20.5 Å². The third kappa shape index (κ3) is 5.25. The number of carbonyl (C=O) groups excluding carboxylic acids is 2. The quantitative estimate of drug-likeness (QED) is 0.673. The van der Waals surface area contributed by atoms with Gasteiger partial charge < -0.3 is 19.3 Å². The number of nitrogens with zero attached hydrogens (tertiary/aromatic N) is 2. The van der Waals surface area contributed by atoms with Crippen LogP contribution in [0.5, 0.6) is 5.75 Å². The van der Waals surface area contributed by atoms with Gasteiger partial charge in [0.1, 0.15) is 5.75 Å². The Balaban J connectivity index is 1.50. The molecule has 160 valence electrons. The van der Waals surface area contributed by atoms with E-state index in [1.54, 1.807) is 4.90 Å². The zero-order valence-corrected chi connectivity index (χ0v) is 16.9. The molecule has 8 heteroatoms. The summed E-state index contributed by atoms with van der Waals surface area (Å²) in [5, 5.41) is 0. The number of ether oxygens (including phenoxy) is 2. The summed E-state index contributed by atoms with van der Waals surface area (Å²) >= 11 is 0. The van der Waals surface area contributed by atoms with Gasteiger partial charge in [0.15, 0.2) is 6.61 Å². The largest absolute Gasteiger partial charge is 0.452 e. The van der Waals surface area contributed by atoms with Crippen LogP contribution in [0.3, 0.4) is 0 Å². The molecule has 30 heavy (non-hydrogen) atoms. The van der Waals surface area contributed by atoms with Gasteiger partial charge in [0.25, 0.3) is 5.91 Å². The highest BCUT2D eigenvalue weighted by Crippen LogP contribution is 2.24. The Morgan fingerprint density at radius 3 is 2.43 bits per heavy atom. The number of hydrogen-bond donors (Lipinski definition) is 0. The van der Waals surface area contributed by atoms with E-state index in [1.807, 2.05) is 6.07 Å². The highest BCUT2D eigenvalue weighted by Gasteiger charge is 2.23. The van der Waals surface area contributed by atoms with Crippen molar-refractivity contribution in [3.05, 3.63) is 59.2 Å². The number of halogens is 2. The zero-order valence-electron chi connectivity index (χ0n) is 16.9. The molecule has 0 aromatic heterocycles. The molecule has 1 aliphatic heterocycles. The number of amides is 1. The zero-order chi connectivity index (χ0) is 21.7. The van der Waals surface area contributed by atoms with E-state index in [1.165, 1.54) is 35.0 Å². The second kappa shape index (κ2) is 9.56. The fourth-order valence-electron chi connectivity index (χ4n) is 3.38. The maximum atomic E-state index is 12.4. The standard InChI is InChI=1S/C22H24F2N2O4/c1-15-5-3-8-19(16(15)2)25-9-11-26(12-10-25)20(27)14-29-21(28)17-6-4-7-18(13-17)30-22(23)24/h3-8,13,22H,9-12,14H2,1-2H3. The summed E-state index contributed by atoms with van der Waals surface area (Å²) in [6.45, 7) is 3.21. The van der Waals surface area contributed by atoms with Gasteiger partial charge in [-0.1, -0.05) is 18.2 Å². The Hall–Kier alpha value is -3.16. The number of hydrogen-bond acceptors (Lipinski definition) is 5. The number of rotatable bonds is 6. The fourth-order valence-corrected chi connectivity index (χ4v) is 3.38. The van der Waals surface area contributed by atoms with E-state index in [0.29, 0.717) is 26.2 Å². The SMILES string of the molecule is Cc1cccc(N2CCN(C(=O)COC(=O)c3cccc(OC(F)F)c3)CC2)c1C. The van der Waals surface area contributed by atoms with Crippen molar-refractivity contribution in [1.29, 1.82) is 0 Å². The molecule has 1 fully saturated rings. The summed E-state index contributed by atoms with van der Waals surface area (Å²) in [7, 11) is 0. The summed E-state index contributed by atoms with van der Waals surface area (Å²) in [4.78, 5) is 28.4. The lowest BCUT2D eigenvalue weighted by Gasteiger charge is -2.37. The summed E-state index contributed by atoms with van der Waals surface area (Å²) in [5.74, 6) is -1.20. The topological polar surface area (TPSA) is 59.1 Å². The van der Waals surface area contributed by atoms with Crippen LogP contribution in [0.1, 0.15) is 21.5 Å². The first-order valence-electron chi connectivity index (χ1n) is 9.66. The van der Waals surface area contributed by atoms with Crippen molar-refractivity contribution in [2.75, 3.05) is 37.7 Å². The van der Waals surface area contributed by atoms with Gasteiger partial charge in [-0.2, -0.15) is 8.78 Å². The molecule has 1 saturated heterocycles. The minimum atomic E-state index is -2.99. The van der Waals surface area contributed by atoms with Crippen molar-refractivity contribution in [2.24, 2.45) is 0 Å². The molecule has 6 nitrogen and oxygen atoms in total. The van der Waals surface area contributed by atoms with Crippen LogP contribution in [0.2, 0.25) is 0 Å². The Labute approximate surface area is 174 Å². The Morgan fingerprint density at radius 2 is 1.73 bits per heavy atom. The first-order chi connectivity index (χ1) is 14.3. The van der Waals surface area contributed by atoms with Gasteiger partial charge in [-0.25, -0.2) is 4.79 Å². The lowest BCUT2D eigenvalue weighted by atomic mass is 10.1. The molecule has 2 aromatic rings. The van der Waals surface area contributed by atoms with Gasteiger partial charge >= 0.3 is 12.6 Å². The second-order valence-electron chi connectivity index (χ2n) is 7.07. The number of piperazine rings is 1. The van der Waals surface area contributed by atoms with Crippen LogP contribution < -0.4 is 9.64 Å². The minimum Gasteiger partial charge on any atom is -0.452 e. The van der Waals surface area contributed by atoms with Gasteiger partial charge in [0.05, 0.1) is 5.56 Å². The van der Waals surface area contributed by atoms with Crippen LogP contribution in [-0.4, -0.2) is 56.2 Å². The van der Waals surface area contributed by atoms with Crippen molar-refractivity contribution < 1.29 is 27.8 Å². The molecule has 1 amide bonds. The van der Waals surface area contributed by atoms with E-state index in [2.05, 4.69) is 35.6 Å². The van der Waals surface area contributed by atoms with E-state index >= 15 is 0 Å². The number of aryl methyl sites for hydroxylation is 1. The van der Waals surface area contributed by atoms with Crippen LogP contribution in [0.4, 0.5) is 14.5 Å². The molecular formula is C22H24F2N2O4. The van der Waals surface area contributed by atoms with E-state index in [4.69, 9.17) is 4.74 Å². The monoisotopic (exact) mass is 418 g/mol. The smallest absolute Gasteiger partial charge is 0.387 e. The fraction of sp³-hybridized carbons (Fsp3) is 0.364. The Morgan fingerprint density at radius 1 is 1.03 bits per heavy atom. The van der Waals surface area contributed by atoms with Gasteiger partial charge in [-0.15, -0.1) is 0 Å². The third-order valence-electron chi connectivity index (χ3n) is 5.17. The first kappa shape index (κ1) is 21.5. The molecule has 0 aliphatic carbocycles. The van der Waals surface area contributed by atoms with Gasteiger partial charge in [0.2, 0.25) is 0 Å². The van der Waals surface area contributed by atoms with Gasteiger partial charge in [0, 0.05) is 31.9 Å². The molecule has 0 radical (unpaired) electrons. The van der Waals surface area contributed by atoms with Crippen LogP contribution in [0.25, 0.3) is 0 Å². The van der Waals surface area contributed by atoms with Crippen LogP contribution >= 0.6 is 0 Å². The minimum absolute atomic E-state index is 0.0423. The highest BCUT2D eigenvalue weighted by molar-refractivity contribution is 5.91. The maximum Gasteiger partial charge on any atom is 0.387 e. The molecule has 2 aromatic carbocycles. The van der Waals surface area contributed by atoms with E-state index in [9.17, 15) is 18.4 Å². The lowest BCUT2D eigenvalue weighted by molar-refractivity contribution is -0.134. The van der Waals surface area contributed by atoms with Crippen molar-refractivity contribution >= 4 is 17.6 Å². The number of carbonyl (C=O) groups is 2. The average molecular weight is 418 g/mol.